The lowest BCUT2D eigenvalue weighted by Crippen LogP contribution is -2.36. The largest absolute Gasteiger partial charge is 0.486 e. The maximum Gasteiger partial charge on any atom is 0.241 e. The first-order chi connectivity index (χ1) is 12.0. The van der Waals surface area contributed by atoms with E-state index in [0.717, 1.165) is 28.3 Å². The second kappa shape index (κ2) is 9.49. The molecule has 2 atom stereocenters. The third-order valence-electron chi connectivity index (χ3n) is 4.01. The number of amides is 1. The summed E-state index contributed by atoms with van der Waals surface area (Å²) in [6.07, 6.45) is 2.63. The van der Waals surface area contributed by atoms with E-state index in [0.29, 0.717) is 6.42 Å². The molecule has 1 unspecified atom stereocenters. The smallest absolute Gasteiger partial charge is 0.241 e. The van der Waals surface area contributed by atoms with Gasteiger partial charge in [0.05, 0.1) is 6.04 Å². The lowest BCUT2D eigenvalue weighted by Gasteiger charge is -2.17. The molecule has 0 aromatic heterocycles. The summed E-state index contributed by atoms with van der Waals surface area (Å²) in [5.41, 5.74) is 8.75. The number of benzene rings is 2. The van der Waals surface area contributed by atoms with Crippen LogP contribution in [0, 0.1) is 6.92 Å². The monoisotopic (exact) mass is 358 g/mol. The highest BCUT2D eigenvalue weighted by Crippen LogP contribution is 2.26. The lowest BCUT2D eigenvalue weighted by atomic mass is 10.1. The van der Waals surface area contributed by atoms with Gasteiger partial charge in [-0.2, -0.15) is 11.8 Å². The Kier molecular flexibility index (Phi) is 7.34. The van der Waals surface area contributed by atoms with E-state index in [2.05, 4.69) is 5.32 Å². The first kappa shape index (κ1) is 19.3. The van der Waals surface area contributed by atoms with Crippen LogP contribution in [0.3, 0.4) is 0 Å². The Morgan fingerprint density at radius 3 is 2.60 bits per heavy atom. The molecule has 0 aliphatic rings. The van der Waals surface area contributed by atoms with Crippen LogP contribution in [-0.4, -0.2) is 24.0 Å². The van der Waals surface area contributed by atoms with Crippen molar-refractivity contribution in [3.05, 3.63) is 59.7 Å². The van der Waals surface area contributed by atoms with Crippen LogP contribution in [0.1, 0.15) is 30.6 Å². The number of aryl methyl sites for hydroxylation is 1. The molecule has 1 amide bonds. The van der Waals surface area contributed by atoms with Crippen molar-refractivity contribution in [2.45, 2.75) is 32.4 Å². The second-order valence-electron chi connectivity index (χ2n) is 6.02. The first-order valence-corrected chi connectivity index (χ1v) is 9.78. The minimum absolute atomic E-state index is 0.0407. The van der Waals surface area contributed by atoms with Gasteiger partial charge in [-0.1, -0.05) is 30.3 Å². The Labute approximate surface area is 154 Å². The van der Waals surface area contributed by atoms with Gasteiger partial charge in [0.15, 0.2) is 0 Å². The fourth-order valence-corrected chi connectivity index (χ4v) is 2.94. The van der Waals surface area contributed by atoms with Gasteiger partial charge in [-0.3, -0.25) is 4.79 Å². The number of carbonyl (C=O) groups excluding carboxylic acids is 1. The average Bonchev–Trinajstić information content (AvgIpc) is 2.62. The Balaban J connectivity index is 1.99. The molecule has 0 saturated carbocycles. The fourth-order valence-electron chi connectivity index (χ4n) is 2.45. The second-order valence-corrected chi connectivity index (χ2v) is 7.01. The Morgan fingerprint density at radius 2 is 1.96 bits per heavy atom. The Morgan fingerprint density at radius 1 is 1.24 bits per heavy atom. The quantitative estimate of drug-likeness (QED) is 0.744. The molecule has 5 heteroatoms. The van der Waals surface area contributed by atoms with E-state index in [1.54, 1.807) is 11.8 Å². The molecular formula is C20H26N2O2S. The fraction of sp³-hybridized carbons (Fsp3) is 0.350. The van der Waals surface area contributed by atoms with Crippen LogP contribution in [-0.2, 0) is 4.79 Å². The van der Waals surface area contributed by atoms with E-state index in [1.165, 1.54) is 0 Å². The molecule has 2 aromatic carbocycles. The first-order valence-electron chi connectivity index (χ1n) is 8.39. The molecule has 2 aromatic rings. The summed E-state index contributed by atoms with van der Waals surface area (Å²) in [4.78, 5) is 12.1. The topological polar surface area (TPSA) is 64.4 Å². The molecule has 4 nitrogen and oxygen atoms in total. The van der Waals surface area contributed by atoms with Crippen LogP contribution in [0.15, 0.2) is 48.5 Å². The number of thioether (sulfide) groups is 1. The summed E-state index contributed by atoms with van der Waals surface area (Å²) in [7, 11) is 0. The normalized spacial score (nSPS) is 13.1. The van der Waals surface area contributed by atoms with Gasteiger partial charge in [0.1, 0.15) is 11.9 Å². The van der Waals surface area contributed by atoms with Crippen molar-refractivity contribution in [1.29, 1.82) is 0 Å². The standard InChI is InChI=1S/C20H26N2O2S/c1-14-13-17(24-15(2)16-7-5-4-6-8-16)9-10-19(14)22-20(23)18(21)11-12-25-3/h4-10,13,15,18H,11-12,21H2,1-3H3,(H,22,23)/t15?,18-/m0/s1. The lowest BCUT2D eigenvalue weighted by molar-refractivity contribution is -0.117. The molecule has 3 N–H and O–H groups in total. The zero-order chi connectivity index (χ0) is 18.2. The van der Waals surface area contributed by atoms with Crippen molar-refractivity contribution in [2.75, 3.05) is 17.3 Å². The van der Waals surface area contributed by atoms with Gasteiger partial charge in [0, 0.05) is 5.69 Å². The zero-order valence-electron chi connectivity index (χ0n) is 15.0. The zero-order valence-corrected chi connectivity index (χ0v) is 15.8. The molecule has 0 fully saturated rings. The van der Waals surface area contributed by atoms with Crippen LogP contribution < -0.4 is 15.8 Å². The molecule has 2 rings (SSSR count). The molecular weight excluding hydrogens is 332 g/mol. The molecule has 134 valence electrons. The highest BCUT2D eigenvalue weighted by atomic mass is 32.2. The predicted octanol–water partition coefficient (Wildman–Crippen LogP) is 4.15. The molecule has 0 heterocycles. The van der Waals surface area contributed by atoms with Gasteiger partial charge in [-0.25, -0.2) is 0 Å². The van der Waals surface area contributed by atoms with Crippen LogP contribution >= 0.6 is 11.8 Å². The average molecular weight is 359 g/mol. The van der Waals surface area contributed by atoms with E-state index in [1.807, 2.05) is 68.6 Å². The summed E-state index contributed by atoms with van der Waals surface area (Å²) in [6, 6.07) is 15.3. The van der Waals surface area contributed by atoms with Gasteiger partial charge in [-0.15, -0.1) is 0 Å². The molecule has 25 heavy (non-hydrogen) atoms. The number of hydrogen-bond acceptors (Lipinski definition) is 4. The molecule has 0 radical (unpaired) electrons. The molecule has 0 bridgehead atoms. The summed E-state index contributed by atoms with van der Waals surface area (Å²) < 4.78 is 6.00. The third kappa shape index (κ3) is 5.80. The van der Waals surface area contributed by atoms with Gasteiger partial charge in [0.25, 0.3) is 0 Å². The van der Waals surface area contributed by atoms with E-state index in [9.17, 15) is 4.79 Å². The molecule has 0 aliphatic carbocycles. The highest BCUT2D eigenvalue weighted by Gasteiger charge is 2.14. The molecule has 0 aliphatic heterocycles. The van der Waals surface area contributed by atoms with Crippen molar-refractivity contribution in [3.8, 4) is 5.75 Å². The van der Waals surface area contributed by atoms with E-state index in [4.69, 9.17) is 10.5 Å². The number of carbonyl (C=O) groups is 1. The number of hydrogen-bond donors (Lipinski definition) is 2. The van der Waals surface area contributed by atoms with Crippen LogP contribution in [0.4, 0.5) is 5.69 Å². The van der Waals surface area contributed by atoms with Crippen molar-refractivity contribution in [1.82, 2.24) is 0 Å². The van der Waals surface area contributed by atoms with Crippen LogP contribution in [0.25, 0.3) is 0 Å². The maximum atomic E-state index is 12.1. The van der Waals surface area contributed by atoms with Gasteiger partial charge >= 0.3 is 0 Å². The van der Waals surface area contributed by atoms with Gasteiger partial charge in [0.2, 0.25) is 5.91 Å². The van der Waals surface area contributed by atoms with E-state index < -0.39 is 6.04 Å². The van der Waals surface area contributed by atoms with E-state index in [-0.39, 0.29) is 12.0 Å². The van der Waals surface area contributed by atoms with Crippen molar-refractivity contribution in [3.63, 3.8) is 0 Å². The Hall–Kier alpha value is -1.98. The summed E-state index contributed by atoms with van der Waals surface area (Å²) in [6.45, 7) is 3.97. The number of anilines is 1. The minimum atomic E-state index is -0.485. The third-order valence-corrected chi connectivity index (χ3v) is 4.65. The van der Waals surface area contributed by atoms with Crippen molar-refractivity contribution < 1.29 is 9.53 Å². The van der Waals surface area contributed by atoms with Gasteiger partial charge in [-0.05, 0) is 61.6 Å². The number of nitrogens with one attached hydrogen (secondary N) is 1. The minimum Gasteiger partial charge on any atom is -0.486 e. The SMILES string of the molecule is CSCC[C@H](N)C(=O)Nc1ccc(OC(C)c2ccccc2)cc1C. The molecule has 0 saturated heterocycles. The van der Waals surface area contributed by atoms with Crippen molar-refractivity contribution in [2.24, 2.45) is 5.73 Å². The van der Waals surface area contributed by atoms with E-state index >= 15 is 0 Å². The number of nitrogens with two attached hydrogens (primary N) is 1. The van der Waals surface area contributed by atoms with Crippen LogP contribution in [0.5, 0.6) is 5.75 Å². The van der Waals surface area contributed by atoms with Crippen LogP contribution in [0.2, 0.25) is 0 Å². The summed E-state index contributed by atoms with van der Waals surface area (Å²) in [5, 5.41) is 2.90. The molecule has 0 spiro atoms. The van der Waals surface area contributed by atoms with Gasteiger partial charge < -0.3 is 15.8 Å². The predicted molar refractivity (Wildman–Crippen MR) is 106 cm³/mol. The van der Waals surface area contributed by atoms with Crippen molar-refractivity contribution >= 4 is 23.4 Å². The summed E-state index contributed by atoms with van der Waals surface area (Å²) >= 11 is 1.69. The number of rotatable bonds is 8. The summed E-state index contributed by atoms with van der Waals surface area (Å²) in [5.74, 6) is 1.50. The number of ether oxygens (including phenoxy) is 1. The maximum absolute atomic E-state index is 12.1. The Bertz CT molecular complexity index is 691. The highest BCUT2D eigenvalue weighted by molar-refractivity contribution is 7.98.